The highest BCUT2D eigenvalue weighted by molar-refractivity contribution is 5.28. The summed E-state index contributed by atoms with van der Waals surface area (Å²) >= 11 is 0. The molecule has 0 spiro atoms. The second-order valence-corrected chi connectivity index (χ2v) is 4.26. The highest BCUT2D eigenvalue weighted by Gasteiger charge is 2.12. The molecule has 1 rings (SSSR count). The Bertz CT molecular complexity index is 348. The van der Waals surface area contributed by atoms with Crippen molar-refractivity contribution >= 4 is 0 Å². The largest absolute Gasteiger partial charge is 0.494 e. The Morgan fingerprint density at radius 2 is 1.88 bits per heavy atom. The van der Waals surface area contributed by atoms with Crippen LogP contribution in [0.3, 0.4) is 0 Å². The van der Waals surface area contributed by atoms with Gasteiger partial charge in [0.25, 0.3) is 0 Å². The molecule has 0 aliphatic rings. The minimum Gasteiger partial charge on any atom is -0.494 e. The van der Waals surface area contributed by atoms with Crippen LogP contribution in [0.2, 0.25) is 0 Å². The molecule has 0 N–H and O–H groups in total. The Balaban J connectivity index is 2.64. The molecular weight excluding hydrogens is 198 g/mol. The molecule has 1 aromatic rings. The van der Waals surface area contributed by atoms with Gasteiger partial charge in [-0.1, -0.05) is 26.0 Å². The first kappa shape index (κ1) is 12.6. The molecule has 0 aliphatic heterocycles. The number of ether oxygens (including phenoxy) is 1. The average molecular weight is 217 g/mol. The zero-order valence-corrected chi connectivity index (χ0v) is 10.2. The summed E-state index contributed by atoms with van der Waals surface area (Å²) < 4.78 is 5.37. The van der Waals surface area contributed by atoms with Gasteiger partial charge in [0.15, 0.2) is 0 Å². The molecule has 0 bridgehead atoms. The first-order valence-corrected chi connectivity index (χ1v) is 5.78. The summed E-state index contributed by atoms with van der Waals surface area (Å²) in [6.45, 7) is 6.83. The van der Waals surface area contributed by atoms with Crippen LogP contribution in [-0.4, -0.2) is 6.61 Å². The van der Waals surface area contributed by atoms with Gasteiger partial charge in [0.1, 0.15) is 5.75 Å². The summed E-state index contributed by atoms with van der Waals surface area (Å²) in [5, 5.41) is 9.02. The van der Waals surface area contributed by atoms with Crippen LogP contribution in [0.25, 0.3) is 0 Å². The molecule has 0 aliphatic carbocycles. The summed E-state index contributed by atoms with van der Waals surface area (Å²) in [5.41, 5.74) is 1.20. The lowest BCUT2D eigenvalue weighted by Gasteiger charge is -2.13. The van der Waals surface area contributed by atoms with Crippen molar-refractivity contribution in [2.75, 3.05) is 6.61 Å². The van der Waals surface area contributed by atoms with Gasteiger partial charge in [-0.25, -0.2) is 0 Å². The van der Waals surface area contributed by atoms with Gasteiger partial charge in [-0.15, -0.1) is 0 Å². The molecule has 0 saturated heterocycles. The van der Waals surface area contributed by atoms with E-state index in [9.17, 15) is 0 Å². The Kier molecular flexibility index (Phi) is 4.85. The molecule has 0 radical (unpaired) electrons. The minimum atomic E-state index is 0.0953. The van der Waals surface area contributed by atoms with Crippen LogP contribution in [0.1, 0.15) is 26.3 Å². The van der Waals surface area contributed by atoms with Crippen LogP contribution in [0.4, 0.5) is 0 Å². The van der Waals surface area contributed by atoms with Gasteiger partial charge in [0.05, 0.1) is 18.6 Å². The molecule has 1 aromatic carbocycles. The van der Waals surface area contributed by atoms with Gasteiger partial charge >= 0.3 is 0 Å². The van der Waals surface area contributed by atoms with E-state index >= 15 is 0 Å². The van der Waals surface area contributed by atoms with Crippen LogP contribution in [-0.2, 0) is 6.42 Å². The predicted octanol–water partition coefficient (Wildman–Crippen LogP) is 3.42. The normalized spacial score (nSPS) is 12.2. The fourth-order valence-electron chi connectivity index (χ4n) is 1.57. The van der Waals surface area contributed by atoms with Crippen LogP contribution in [0.5, 0.6) is 5.75 Å². The standard InChI is InChI=1S/C14H19NO/c1-4-16-14-7-5-12(6-8-14)9-13(10-15)11(2)3/h5-8,11,13H,4,9H2,1-3H3. The summed E-state index contributed by atoms with van der Waals surface area (Å²) in [6.07, 6.45) is 0.820. The van der Waals surface area contributed by atoms with Crippen LogP contribution >= 0.6 is 0 Å². The minimum absolute atomic E-state index is 0.0953. The molecule has 1 unspecified atom stereocenters. The average Bonchev–Trinajstić information content (AvgIpc) is 2.28. The van der Waals surface area contributed by atoms with E-state index in [1.54, 1.807) is 0 Å². The Morgan fingerprint density at radius 1 is 1.25 bits per heavy atom. The Hall–Kier alpha value is -1.49. The lowest BCUT2D eigenvalue weighted by molar-refractivity contribution is 0.340. The maximum Gasteiger partial charge on any atom is 0.119 e. The van der Waals surface area contributed by atoms with E-state index in [4.69, 9.17) is 10.00 Å². The van der Waals surface area contributed by atoms with Crippen molar-refractivity contribution in [2.24, 2.45) is 11.8 Å². The number of nitrogens with zero attached hydrogens (tertiary/aromatic N) is 1. The topological polar surface area (TPSA) is 33.0 Å². The highest BCUT2D eigenvalue weighted by atomic mass is 16.5. The van der Waals surface area contributed by atoms with Gasteiger partial charge in [0.2, 0.25) is 0 Å². The SMILES string of the molecule is CCOc1ccc(CC(C#N)C(C)C)cc1. The van der Waals surface area contributed by atoms with Gasteiger partial charge in [-0.05, 0) is 37.0 Å². The van der Waals surface area contributed by atoms with Crippen LogP contribution < -0.4 is 4.74 Å². The van der Waals surface area contributed by atoms with E-state index < -0.39 is 0 Å². The van der Waals surface area contributed by atoms with Gasteiger partial charge in [-0.2, -0.15) is 5.26 Å². The third kappa shape index (κ3) is 3.58. The number of hydrogen-bond donors (Lipinski definition) is 0. The van der Waals surface area contributed by atoms with Crippen molar-refractivity contribution in [3.63, 3.8) is 0 Å². The molecule has 16 heavy (non-hydrogen) atoms. The van der Waals surface area contributed by atoms with E-state index in [2.05, 4.69) is 19.9 Å². The van der Waals surface area contributed by atoms with Crippen molar-refractivity contribution in [3.05, 3.63) is 29.8 Å². The van der Waals surface area contributed by atoms with Crippen molar-refractivity contribution in [1.82, 2.24) is 0 Å². The van der Waals surface area contributed by atoms with E-state index in [1.807, 2.05) is 31.2 Å². The van der Waals surface area contributed by atoms with E-state index in [-0.39, 0.29) is 5.92 Å². The Labute approximate surface area is 97.9 Å². The number of hydrogen-bond acceptors (Lipinski definition) is 2. The van der Waals surface area contributed by atoms with Crippen molar-refractivity contribution in [3.8, 4) is 11.8 Å². The van der Waals surface area contributed by atoms with Gasteiger partial charge in [-0.3, -0.25) is 0 Å². The third-order valence-electron chi connectivity index (χ3n) is 2.66. The van der Waals surface area contributed by atoms with Crippen molar-refractivity contribution < 1.29 is 4.74 Å². The molecule has 1 atom stereocenters. The molecule has 0 saturated carbocycles. The van der Waals surface area contributed by atoms with Gasteiger partial charge < -0.3 is 4.74 Å². The zero-order chi connectivity index (χ0) is 12.0. The lowest BCUT2D eigenvalue weighted by Crippen LogP contribution is -2.09. The maximum atomic E-state index is 9.02. The predicted molar refractivity (Wildman–Crippen MR) is 65.3 cm³/mol. The van der Waals surface area contributed by atoms with E-state index in [0.29, 0.717) is 12.5 Å². The summed E-state index contributed by atoms with van der Waals surface area (Å²) in [6, 6.07) is 10.4. The molecular formula is C14H19NO. The molecule has 0 aromatic heterocycles. The Morgan fingerprint density at radius 3 is 2.31 bits per heavy atom. The molecule has 86 valence electrons. The summed E-state index contributed by atoms with van der Waals surface area (Å²) in [5.74, 6) is 1.39. The number of benzene rings is 1. The second-order valence-electron chi connectivity index (χ2n) is 4.26. The first-order valence-electron chi connectivity index (χ1n) is 5.78. The molecule has 0 amide bonds. The molecule has 2 heteroatoms. The second kappa shape index (κ2) is 6.17. The third-order valence-corrected chi connectivity index (χ3v) is 2.66. The zero-order valence-electron chi connectivity index (χ0n) is 10.2. The highest BCUT2D eigenvalue weighted by Crippen LogP contribution is 2.19. The van der Waals surface area contributed by atoms with E-state index in [0.717, 1.165) is 12.2 Å². The van der Waals surface area contributed by atoms with E-state index in [1.165, 1.54) is 5.56 Å². The summed E-state index contributed by atoms with van der Waals surface area (Å²) in [4.78, 5) is 0. The first-order chi connectivity index (χ1) is 7.67. The molecule has 0 heterocycles. The monoisotopic (exact) mass is 217 g/mol. The van der Waals surface area contributed by atoms with Crippen LogP contribution in [0, 0.1) is 23.2 Å². The molecule has 0 fully saturated rings. The lowest BCUT2D eigenvalue weighted by atomic mass is 9.90. The maximum absolute atomic E-state index is 9.02. The molecule has 2 nitrogen and oxygen atoms in total. The number of nitriles is 1. The van der Waals surface area contributed by atoms with Gasteiger partial charge in [0, 0.05) is 0 Å². The smallest absolute Gasteiger partial charge is 0.119 e. The quantitative estimate of drug-likeness (QED) is 0.757. The van der Waals surface area contributed by atoms with Crippen molar-refractivity contribution in [2.45, 2.75) is 27.2 Å². The number of rotatable bonds is 5. The fraction of sp³-hybridized carbons (Fsp3) is 0.500. The fourth-order valence-corrected chi connectivity index (χ4v) is 1.57. The van der Waals surface area contributed by atoms with Crippen LogP contribution in [0.15, 0.2) is 24.3 Å². The van der Waals surface area contributed by atoms with Crippen molar-refractivity contribution in [1.29, 1.82) is 5.26 Å². The summed E-state index contributed by atoms with van der Waals surface area (Å²) in [7, 11) is 0.